The van der Waals surface area contributed by atoms with E-state index in [1.165, 1.54) is 11.3 Å². The van der Waals surface area contributed by atoms with Crippen molar-refractivity contribution in [3.05, 3.63) is 53.6 Å². The van der Waals surface area contributed by atoms with Crippen LogP contribution >= 0.6 is 22.9 Å². The van der Waals surface area contributed by atoms with Crippen LogP contribution in [0, 0.1) is 0 Å². The first-order chi connectivity index (χ1) is 13.1. The number of carbonyl (C=O) groups excluding carboxylic acids is 1. The second-order valence-corrected chi connectivity index (χ2v) is 7.02. The number of hydrogen-bond acceptors (Lipinski definition) is 6. The Bertz CT molecular complexity index is 915. The zero-order chi connectivity index (χ0) is 19.2. The maximum atomic E-state index is 12.5. The van der Waals surface area contributed by atoms with Crippen LogP contribution in [0.25, 0.3) is 10.6 Å². The van der Waals surface area contributed by atoms with E-state index >= 15 is 0 Å². The number of nitrogens with zero attached hydrogens (tertiary/aromatic N) is 2. The monoisotopic (exact) mass is 403 g/mol. The van der Waals surface area contributed by atoms with Gasteiger partial charge < -0.3 is 9.47 Å². The lowest BCUT2D eigenvalue weighted by atomic mass is 10.2. The van der Waals surface area contributed by atoms with Crippen molar-refractivity contribution >= 4 is 34.0 Å². The topological polar surface area (TPSA) is 73.3 Å². The molecule has 0 saturated carbocycles. The molecule has 2 aromatic carbocycles. The van der Waals surface area contributed by atoms with Crippen molar-refractivity contribution in [2.45, 2.75) is 19.4 Å². The lowest BCUT2D eigenvalue weighted by molar-refractivity contribution is -0.122. The first-order valence-corrected chi connectivity index (χ1v) is 9.49. The SMILES string of the molecule is CCC(Oc1cccc(OC)c1)C(=O)Nc1nnc(-c2ccc(Cl)cc2)s1. The number of ether oxygens (including phenoxy) is 2. The van der Waals surface area contributed by atoms with E-state index in [-0.39, 0.29) is 5.91 Å². The number of nitrogens with one attached hydrogen (secondary N) is 1. The number of methoxy groups -OCH3 is 1. The molecule has 1 heterocycles. The molecule has 0 aliphatic carbocycles. The minimum atomic E-state index is -0.653. The third-order valence-electron chi connectivity index (χ3n) is 3.73. The van der Waals surface area contributed by atoms with Crippen molar-refractivity contribution in [1.29, 1.82) is 0 Å². The predicted octanol–water partition coefficient (Wildman–Crippen LogP) is 4.66. The Morgan fingerprint density at radius 2 is 1.93 bits per heavy atom. The molecule has 0 bridgehead atoms. The number of rotatable bonds is 7. The zero-order valence-electron chi connectivity index (χ0n) is 14.8. The Morgan fingerprint density at radius 1 is 1.19 bits per heavy atom. The summed E-state index contributed by atoms with van der Waals surface area (Å²) in [6, 6.07) is 14.4. The van der Waals surface area contributed by atoms with Crippen LogP contribution < -0.4 is 14.8 Å². The zero-order valence-corrected chi connectivity index (χ0v) is 16.4. The molecule has 0 aliphatic heterocycles. The number of aromatic nitrogens is 2. The van der Waals surface area contributed by atoms with E-state index in [9.17, 15) is 4.79 Å². The third-order valence-corrected chi connectivity index (χ3v) is 4.87. The molecule has 0 radical (unpaired) electrons. The molecule has 140 valence electrons. The minimum Gasteiger partial charge on any atom is -0.497 e. The number of halogens is 1. The summed E-state index contributed by atoms with van der Waals surface area (Å²) in [6.45, 7) is 1.88. The van der Waals surface area contributed by atoms with Crippen molar-refractivity contribution in [2.24, 2.45) is 0 Å². The van der Waals surface area contributed by atoms with Crippen molar-refractivity contribution < 1.29 is 14.3 Å². The molecule has 27 heavy (non-hydrogen) atoms. The maximum absolute atomic E-state index is 12.5. The predicted molar refractivity (Wildman–Crippen MR) is 107 cm³/mol. The fourth-order valence-corrected chi connectivity index (χ4v) is 3.21. The summed E-state index contributed by atoms with van der Waals surface area (Å²) in [7, 11) is 1.58. The molecular weight excluding hydrogens is 386 g/mol. The summed E-state index contributed by atoms with van der Waals surface area (Å²) >= 11 is 7.19. The summed E-state index contributed by atoms with van der Waals surface area (Å²) in [6.07, 6.45) is -0.147. The molecule has 1 amide bonds. The number of benzene rings is 2. The summed E-state index contributed by atoms with van der Waals surface area (Å²) in [5.74, 6) is 0.953. The third kappa shape index (κ3) is 4.96. The van der Waals surface area contributed by atoms with Gasteiger partial charge in [0, 0.05) is 16.7 Å². The van der Waals surface area contributed by atoms with Crippen molar-refractivity contribution in [2.75, 3.05) is 12.4 Å². The molecule has 3 rings (SSSR count). The van der Waals surface area contributed by atoms with E-state index in [1.54, 1.807) is 31.4 Å². The second-order valence-electron chi connectivity index (χ2n) is 5.60. The second kappa shape index (κ2) is 8.83. The summed E-state index contributed by atoms with van der Waals surface area (Å²) in [5.41, 5.74) is 0.886. The van der Waals surface area contributed by atoms with Gasteiger partial charge in [0.1, 0.15) is 16.5 Å². The van der Waals surface area contributed by atoms with Crippen LogP contribution in [0.3, 0.4) is 0 Å². The summed E-state index contributed by atoms with van der Waals surface area (Å²) in [5, 5.41) is 12.7. The van der Waals surface area contributed by atoms with Crippen LogP contribution in [-0.2, 0) is 4.79 Å². The number of carbonyl (C=O) groups is 1. The molecule has 8 heteroatoms. The Labute approximate surface area is 166 Å². The molecule has 3 aromatic rings. The Hall–Kier alpha value is -2.64. The Balaban J connectivity index is 1.67. The van der Waals surface area contributed by atoms with Gasteiger partial charge in [-0.3, -0.25) is 10.1 Å². The molecule has 0 spiro atoms. The number of amides is 1. The highest BCUT2D eigenvalue weighted by molar-refractivity contribution is 7.18. The summed E-state index contributed by atoms with van der Waals surface area (Å²) < 4.78 is 11.0. The number of anilines is 1. The Kier molecular flexibility index (Phi) is 6.26. The highest BCUT2D eigenvalue weighted by atomic mass is 35.5. The van der Waals surface area contributed by atoms with Crippen molar-refractivity contribution in [3.8, 4) is 22.1 Å². The van der Waals surface area contributed by atoms with Gasteiger partial charge >= 0.3 is 0 Å². The van der Waals surface area contributed by atoms with E-state index in [4.69, 9.17) is 21.1 Å². The highest BCUT2D eigenvalue weighted by Crippen LogP contribution is 2.28. The fraction of sp³-hybridized carbons (Fsp3) is 0.211. The lowest BCUT2D eigenvalue weighted by Gasteiger charge is -2.16. The first kappa shape index (κ1) is 19.1. The van der Waals surface area contributed by atoms with Gasteiger partial charge in [0.15, 0.2) is 6.10 Å². The van der Waals surface area contributed by atoms with E-state index in [1.807, 2.05) is 31.2 Å². The molecule has 0 fully saturated rings. The molecule has 1 aromatic heterocycles. The van der Waals surface area contributed by atoms with Crippen LogP contribution in [0.2, 0.25) is 5.02 Å². The standard InChI is InChI=1S/C19H18ClN3O3S/c1-3-16(26-15-6-4-5-14(11-15)25-2)17(24)21-19-23-22-18(27-19)12-7-9-13(20)10-8-12/h4-11,16H,3H2,1-2H3,(H,21,23,24). The van der Waals surface area contributed by atoms with Gasteiger partial charge in [-0.25, -0.2) is 0 Å². The summed E-state index contributed by atoms with van der Waals surface area (Å²) in [4.78, 5) is 12.5. The van der Waals surface area contributed by atoms with Crippen molar-refractivity contribution in [1.82, 2.24) is 10.2 Å². The van der Waals surface area contributed by atoms with Gasteiger partial charge in [0.2, 0.25) is 5.13 Å². The Morgan fingerprint density at radius 3 is 2.63 bits per heavy atom. The van der Waals surface area contributed by atoms with E-state index < -0.39 is 6.10 Å². The van der Waals surface area contributed by atoms with E-state index in [2.05, 4.69) is 15.5 Å². The average molecular weight is 404 g/mol. The van der Waals surface area contributed by atoms with E-state index in [0.717, 1.165) is 5.56 Å². The van der Waals surface area contributed by atoms with Crippen LogP contribution in [0.1, 0.15) is 13.3 Å². The van der Waals surface area contributed by atoms with Gasteiger partial charge in [-0.15, -0.1) is 10.2 Å². The number of hydrogen-bond donors (Lipinski definition) is 1. The molecule has 1 unspecified atom stereocenters. The lowest BCUT2D eigenvalue weighted by Crippen LogP contribution is -2.32. The minimum absolute atomic E-state index is 0.279. The van der Waals surface area contributed by atoms with Gasteiger partial charge in [0.05, 0.1) is 7.11 Å². The molecule has 1 atom stereocenters. The van der Waals surface area contributed by atoms with Gasteiger partial charge in [0.25, 0.3) is 5.91 Å². The normalized spacial score (nSPS) is 11.7. The van der Waals surface area contributed by atoms with Crippen molar-refractivity contribution in [3.63, 3.8) is 0 Å². The molecule has 1 N–H and O–H groups in total. The van der Waals surface area contributed by atoms with Crippen LogP contribution in [0.15, 0.2) is 48.5 Å². The van der Waals surface area contributed by atoms with Gasteiger partial charge in [-0.2, -0.15) is 0 Å². The van der Waals surface area contributed by atoms with Crippen LogP contribution in [0.4, 0.5) is 5.13 Å². The fourth-order valence-electron chi connectivity index (χ4n) is 2.33. The maximum Gasteiger partial charge on any atom is 0.267 e. The first-order valence-electron chi connectivity index (χ1n) is 8.30. The van der Waals surface area contributed by atoms with Gasteiger partial charge in [-0.1, -0.05) is 48.1 Å². The molecule has 0 saturated heterocycles. The quantitative estimate of drug-likeness (QED) is 0.620. The molecule has 6 nitrogen and oxygen atoms in total. The van der Waals surface area contributed by atoms with Gasteiger partial charge in [-0.05, 0) is 30.7 Å². The molecular formula is C19H18ClN3O3S. The largest absolute Gasteiger partial charge is 0.497 e. The van der Waals surface area contributed by atoms with Crippen LogP contribution in [0.5, 0.6) is 11.5 Å². The smallest absolute Gasteiger partial charge is 0.267 e. The average Bonchev–Trinajstić information content (AvgIpc) is 3.15. The van der Waals surface area contributed by atoms with E-state index in [0.29, 0.717) is 33.1 Å². The molecule has 0 aliphatic rings. The highest BCUT2D eigenvalue weighted by Gasteiger charge is 2.20. The van der Waals surface area contributed by atoms with Crippen LogP contribution in [-0.4, -0.2) is 29.3 Å².